The lowest BCUT2D eigenvalue weighted by Gasteiger charge is -2.37. The predicted octanol–water partition coefficient (Wildman–Crippen LogP) is 3.25. The lowest BCUT2D eigenvalue weighted by atomic mass is 9.96. The highest BCUT2D eigenvalue weighted by atomic mass is 35.5. The van der Waals surface area contributed by atoms with Crippen LogP contribution in [0.2, 0.25) is 5.02 Å². The van der Waals surface area contributed by atoms with E-state index in [1.54, 1.807) is 30.0 Å². The van der Waals surface area contributed by atoms with E-state index in [0.717, 1.165) is 30.6 Å². The smallest absolute Gasteiger partial charge is 0.361 e. The van der Waals surface area contributed by atoms with Crippen molar-refractivity contribution in [1.82, 2.24) is 45.1 Å². The molecule has 0 radical (unpaired) electrons. The van der Waals surface area contributed by atoms with Crippen LogP contribution in [0.25, 0.3) is 5.82 Å². The van der Waals surface area contributed by atoms with Gasteiger partial charge in [0.1, 0.15) is 0 Å². The lowest BCUT2D eigenvalue weighted by molar-refractivity contribution is -0.142. The topological polar surface area (TPSA) is 157 Å². The molecule has 0 unspecified atom stereocenters. The van der Waals surface area contributed by atoms with Gasteiger partial charge in [-0.05, 0) is 56.3 Å². The molecule has 3 amide bonds. The van der Waals surface area contributed by atoms with E-state index in [1.807, 2.05) is 4.90 Å². The average molecular weight is 714 g/mol. The van der Waals surface area contributed by atoms with Crippen LogP contribution in [0.15, 0.2) is 42.7 Å². The van der Waals surface area contributed by atoms with Crippen molar-refractivity contribution in [2.24, 2.45) is 5.92 Å². The van der Waals surface area contributed by atoms with Crippen LogP contribution in [0.3, 0.4) is 0 Å². The van der Waals surface area contributed by atoms with Gasteiger partial charge < -0.3 is 30.3 Å². The Morgan fingerprint density at radius 2 is 1.74 bits per heavy atom. The van der Waals surface area contributed by atoms with E-state index in [9.17, 15) is 27.6 Å². The summed E-state index contributed by atoms with van der Waals surface area (Å²) in [5.74, 6) is -0.298. The molecule has 0 spiro atoms. The molecule has 2 saturated heterocycles. The zero-order valence-corrected chi connectivity index (χ0v) is 28.1. The SMILES string of the molecule is CN(C)c1ccc(-n2cc(Cc3cnc(C(=O)Nc4ccc(C(=O)N5CCN(C(=O)C6CCNCC6)CC5)c(Cl)c4)[nH]3)c(C(F)(F)F)n2)nn1. The molecule has 4 aromatic rings. The van der Waals surface area contributed by atoms with Gasteiger partial charge in [0.25, 0.3) is 11.8 Å². The zero-order chi connectivity index (χ0) is 35.6. The Bertz CT molecular complexity index is 1860. The first-order chi connectivity index (χ1) is 23.9. The van der Waals surface area contributed by atoms with Crippen molar-refractivity contribution in [3.8, 4) is 5.82 Å². The largest absolute Gasteiger partial charge is 0.435 e. The van der Waals surface area contributed by atoms with E-state index >= 15 is 0 Å². The molecule has 1 aromatic carbocycles. The van der Waals surface area contributed by atoms with Crippen LogP contribution in [0, 0.1) is 5.92 Å². The van der Waals surface area contributed by atoms with Crippen molar-refractivity contribution < 1.29 is 27.6 Å². The van der Waals surface area contributed by atoms with Crippen LogP contribution in [0.5, 0.6) is 0 Å². The summed E-state index contributed by atoms with van der Waals surface area (Å²) in [6, 6.07) is 7.59. The Labute approximate surface area is 290 Å². The van der Waals surface area contributed by atoms with Crippen molar-refractivity contribution >= 4 is 40.8 Å². The number of imidazole rings is 1. The fourth-order valence-electron chi connectivity index (χ4n) is 5.93. The number of nitrogens with zero attached hydrogens (tertiary/aromatic N) is 8. The third-order valence-electron chi connectivity index (χ3n) is 8.64. The Morgan fingerprint density at radius 1 is 1.02 bits per heavy atom. The number of carbonyl (C=O) groups is 3. The van der Waals surface area contributed by atoms with Gasteiger partial charge in [0, 0.05) is 82.0 Å². The monoisotopic (exact) mass is 713 g/mol. The van der Waals surface area contributed by atoms with Gasteiger partial charge >= 0.3 is 6.18 Å². The minimum Gasteiger partial charge on any atom is -0.361 e. The van der Waals surface area contributed by atoms with E-state index < -0.39 is 17.8 Å². The summed E-state index contributed by atoms with van der Waals surface area (Å²) in [6.45, 7) is 3.32. The summed E-state index contributed by atoms with van der Waals surface area (Å²) in [7, 11) is 3.52. The number of piperidine rings is 1. The zero-order valence-electron chi connectivity index (χ0n) is 27.3. The van der Waals surface area contributed by atoms with Crippen LogP contribution in [0.1, 0.15) is 50.8 Å². The van der Waals surface area contributed by atoms with Crippen LogP contribution in [-0.2, 0) is 17.4 Å². The number of benzene rings is 1. The fourth-order valence-corrected chi connectivity index (χ4v) is 6.19. The van der Waals surface area contributed by atoms with E-state index in [1.165, 1.54) is 36.7 Å². The molecule has 18 heteroatoms. The van der Waals surface area contributed by atoms with Crippen LogP contribution >= 0.6 is 11.6 Å². The molecular formula is C32H35ClF3N11O3. The maximum Gasteiger partial charge on any atom is 0.435 e. The molecule has 0 atom stereocenters. The summed E-state index contributed by atoms with van der Waals surface area (Å²) in [5, 5.41) is 17.7. The molecule has 50 heavy (non-hydrogen) atoms. The summed E-state index contributed by atoms with van der Waals surface area (Å²) >= 11 is 6.46. The van der Waals surface area contributed by atoms with E-state index in [2.05, 4.69) is 35.9 Å². The van der Waals surface area contributed by atoms with Gasteiger partial charge in [-0.3, -0.25) is 14.4 Å². The summed E-state index contributed by atoms with van der Waals surface area (Å²) in [5.41, 5.74) is -0.481. The van der Waals surface area contributed by atoms with Gasteiger partial charge in [-0.25, -0.2) is 9.67 Å². The van der Waals surface area contributed by atoms with Crippen molar-refractivity contribution in [3.63, 3.8) is 0 Å². The van der Waals surface area contributed by atoms with Crippen molar-refractivity contribution in [2.75, 3.05) is 63.6 Å². The van der Waals surface area contributed by atoms with Crippen LogP contribution < -0.4 is 15.5 Å². The van der Waals surface area contributed by atoms with Crippen LogP contribution in [-0.4, -0.2) is 111 Å². The fraction of sp³-hybridized carbons (Fsp3) is 0.406. The number of piperazine rings is 1. The Balaban J connectivity index is 1.07. The molecule has 0 aliphatic carbocycles. The van der Waals surface area contributed by atoms with Gasteiger partial charge in [-0.15, -0.1) is 10.2 Å². The highest BCUT2D eigenvalue weighted by molar-refractivity contribution is 6.34. The second kappa shape index (κ2) is 14.4. The molecule has 2 aliphatic heterocycles. The third-order valence-corrected chi connectivity index (χ3v) is 8.95. The summed E-state index contributed by atoms with van der Waals surface area (Å²) in [4.78, 5) is 51.1. The van der Waals surface area contributed by atoms with Crippen LogP contribution in [0.4, 0.5) is 24.7 Å². The number of hydrogen-bond acceptors (Lipinski definition) is 9. The number of anilines is 2. The number of alkyl halides is 3. The average Bonchev–Trinajstić information content (AvgIpc) is 3.76. The second-order valence-electron chi connectivity index (χ2n) is 12.3. The first-order valence-corrected chi connectivity index (χ1v) is 16.4. The summed E-state index contributed by atoms with van der Waals surface area (Å²) < 4.78 is 42.7. The van der Waals surface area contributed by atoms with Gasteiger partial charge in [0.15, 0.2) is 23.2 Å². The van der Waals surface area contributed by atoms with E-state index in [-0.39, 0.29) is 63.3 Å². The molecule has 14 nitrogen and oxygen atoms in total. The van der Waals surface area contributed by atoms with Gasteiger partial charge in [0.05, 0.1) is 10.6 Å². The lowest BCUT2D eigenvalue weighted by Crippen LogP contribution is -2.52. The molecule has 5 heterocycles. The quantitative estimate of drug-likeness (QED) is 0.249. The predicted molar refractivity (Wildman–Crippen MR) is 177 cm³/mol. The number of hydrogen-bond donors (Lipinski definition) is 3. The number of carbonyl (C=O) groups excluding carboxylic acids is 3. The number of H-pyrrole nitrogens is 1. The molecular weight excluding hydrogens is 679 g/mol. The van der Waals surface area contributed by atoms with Gasteiger partial charge in [0.2, 0.25) is 5.91 Å². The molecule has 2 aliphatic rings. The number of rotatable bonds is 8. The van der Waals surface area contributed by atoms with E-state index in [4.69, 9.17) is 11.6 Å². The van der Waals surface area contributed by atoms with Gasteiger partial charge in [-0.2, -0.15) is 18.3 Å². The first kappa shape index (κ1) is 34.8. The molecule has 3 aromatic heterocycles. The van der Waals surface area contributed by atoms with E-state index in [0.29, 0.717) is 32.0 Å². The van der Waals surface area contributed by atoms with Crippen molar-refractivity contribution in [3.05, 3.63) is 76.1 Å². The normalized spacial score (nSPS) is 15.6. The molecule has 264 valence electrons. The minimum atomic E-state index is -4.75. The Kier molecular flexibility index (Phi) is 10.1. The van der Waals surface area contributed by atoms with Gasteiger partial charge in [-0.1, -0.05) is 11.6 Å². The number of nitrogens with one attached hydrogen (secondary N) is 3. The van der Waals surface area contributed by atoms with Crippen molar-refractivity contribution in [1.29, 1.82) is 0 Å². The maximum atomic E-state index is 13.9. The number of halogens is 4. The number of amides is 3. The number of aromatic nitrogens is 6. The molecule has 6 rings (SSSR count). The molecule has 0 bridgehead atoms. The molecule has 2 fully saturated rings. The number of aromatic amines is 1. The maximum absolute atomic E-state index is 13.9. The third kappa shape index (κ3) is 7.73. The molecule has 3 N–H and O–H groups in total. The summed E-state index contributed by atoms with van der Waals surface area (Å²) in [6.07, 6.45) is -0.880. The Morgan fingerprint density at radius 3 is 2.38 bits per heavy atom. The highest BCUT2D eigenvalue weighted by Gasteiger charge is 2.37. The Hall–Kier alpha value is -5.03. The standard InChI is InChI=1S/C32H35ClF3N11O3/c1-44(2)25-5-6-26(42-41-25)47-18-20(27(43-47)32(34,35)36)15-22-17-38-28(39-22)29(48)40-21-3-4-23(24(33)16-21)31(50)46-13-11-45(12-14-46)30(49)19-7-9-37-10-8-19/h3-6,16-19,37H,7-15H2,1-2H3,(H,38,39)(H,40,48). The first-order valence-electron chi connectivity index (χ1n) is 16.0. The second-order valence-corrected chi connectivity index (χ2v) is 12.7. The minimum absolute atomic E-state index is 0.0174. The van der Waals surface area contributed by atoms with Crippen molar-refractivity contribution in [2.45, 2.75) is 25.4 Å². The highest BCUT2D eigenvalue weighted by Crippen LogP contribution is 2.32. The molecule has 0 saturated carbocycles.